The molecule has 0 amide bonds. The summed E-state index contributed by atoms with van der Waals surface area (Å²) in [5, 5.41) is 10.3. The highest BCUT2D eigenvalue weighted by atomic mass is 19.4. The quantitative estimate of drug-likeness (QED) is 0.341. The highest BCUT2D eigenvalue weighted by Gasteiger charge is 2.27. The lowest BCUT2D eigenvalue weighted by Crippen LogP contribution is -2.34. The molecule has 14 heavy (non-hydrogen) atoms. The average molecular weight is 205 g/mol. The minimum Gasteiger partial charge on any atom is -0.445 e. The molecule has 0 fully saturated rings. The number of nitro benzene ring substituents is 1. The Morgan fingerprint density at radius 1 is 1.36 bits per heavy atom. The molecule has 4 nitrogen and oxygen atoms in total. The van der Waals surface area contributed by atoms with Crippen LogP contribution >= 0.6 is 0 Å². The van der Waals surface area contributed by atoms with Gasteiger partial charge >= 0.3 is 6.98 Å². The SMILES string of the molecule is Nc1ccc([B-](F)(F)F)cc1[N+](=O)[O-]. The Balaban J connectivity index is 3.27. The van der Waals surface area contributed by atoms with Crippen molar-refractivity contribution >= 4 is 23.8 Å². The number of nitro groups is 1. The number of rotatable bonds is 2. The van der Waals surface area contributed by atoms with Crippen LogP contribution in [0, 0.1) is 10.1 Å². The summed E-state index contributed by atoms with van der Waals surface area (Å²) < 4.78 is 36.5. The van der Waals surface area contributed by atoms with Crippen molar-refractivity contribution in [3.8, 4) is 0 Å². The molecule has 0 aliphatic rings. The molecular formula is C6H5BF3N2O2-. The Kier molecular flexibility index (Phi) is 2.37. The average Bonchev–Trinajstić information content (AvgIpc) is 2.02. The molecule has 0 aliphatic carbocycles. The Hall–Kier alpha value is -1.73. The first-order chi connectivity index (χ1) is 6.32. The zero-order valence-corrected chi connectivity index (χ0v) is 6.78. The van der Waals surface area contributed by atoms with Gasteiger partial charge in [0.25, 0.3) is 5.69 Å². The van der Waals surface area contributed by atoms with Crippen molar-refractivity contribution in [1.82, 2.24) is 0 Å². The van der Waals surface area contributed by atoms with E-state index in [1.54, 1.807) is 0 Å². The van der Waals surface area contributed by atoms with E-state index in [1.807, 2.05) is 0 Å². The lowest BCUT2D eigenvalue weighted by atomic mass is 9.80. The standard InChI is InChI=1S/C6H5BF3N2O2/c8-7(9,10)4-1-2-5(11)6(3-4)12(13)14/h1-3H,11H2/q-1. The Labute approximate surface area is 76.7 Å². The van der Waals surface area contributed by atoms with Crippen LogP contribution in [0.4, 0.5) is 24.3 Å². The molecule has 0 saturated carbocycles. The van der Waals surface area contributed by atoms with Crippen LogP contribution < -0.4 is 11.2 Å². The third-order valence-corrected chi connectivity index (χ3v) is 1.63. The van der Waals surface area contributed by atoms with Crippen LogP contribution in [0.1, 0.15) is 0 Å². The first-order valence-corrected chi connectivity index (χ1v) is 3.56. The zero-order valence-electron chi connectivity index (χ0n) is 6.78. The number of halogens is 3. The van der Waals surface area contributed by atoms with Gasteiger partial charge in [0.15, 0.2) is 0 Å². The summed E-state index contributed by atoms with van der Waals surface area (Å²) in [6.07, 6.45) is 0. The minimum absolute atomic E-state index is 0.279. The van der Waals surface area contributed by atoms with E-state index in [9.17, 15) is 23.1 Å². The topological polar surface area (TPSA) is 69.2 Å². The first-order valence-electron chi connectivity index (χ1n) is 3.56. The molecule has 0 bridgehead atoms. The molecule has 0 aromatic heterocycles. The number of hydrogen-bond donors (Lipinski definition) is 1. The summed E-state index contributed by atoms with van der Waals surface area (Å²) in [5.74, 6) is 0. The van der Waals surface area contributed by atoms with E-state index in [-0.39, 0.29) is 5.69 Å². The summed E-state index contributed by atoms with van der Waals surface area (Å²) in [6, 6.07) is 2.04. The van der Waals surface area contributed by atoms with Crippen LogP contribution in [-0.2, 0) is 0 Å². The maximum atomic E-state index is 12.2. The van der Waals surface area contributed by atoms with Gasteiger partial charge in [-0.25, -0.2) is 0 Å². The van der Waals surface area contributed by atoms with E-state index in [0.717, 1.165) is 12.1 Å². The highest BCUT2D eigenvalue weighted by Crippen LogP contribution is 2.21. The largest absolute Gasteiger partial charge is 0.509 e. The molecule has 0 aliphatic heterocycles. The smallest absolute Gasteiger partial charge is 0.445 e. The van der Waals surface area contributed by atoms with Crippen LogP contribution in [0.15, 0.2) is 18.2 Å². The lowest BCUT2D eigenvalue weighted by Gasteiger charge is -2.14. The van der Waals surface area contributed by atoms with Crippen molar-refractivity contribution in [2.24, 2.45) is 0 Å². The summed E-state index contributed by atoms with van der Waals surface area (Å²) in [4.78, 5) is 9.32. The molecule has 0 unspecified atom stereocenters. The van der Waals surface area contributed by atoms with Crippen LogP contribution in [-0.4, -0.2) is 11.9 Å². The Bertz CT molecular complexity index is 380. The van der Waals surface area contributed by atoms with Crippen molar-refractivity contribution in [1.29, 1.82) is 0 Å². The van der Waals surface area contributed by atoms with E-state index < -0.39 is 23.1 Å². The summed E-state index contributed by atoms with van der Waals surface area (Å²) in [7, 11) is 0. The number of hydrogen-bond acceptors (Lipinski definition) is 3. The van der Waals surface area contributed by atoms with Crippen LogP contribution in [0.5, 0.6) is 0 Å². The number of nitrogens with two attached hydrogens (primary N) is 1. The molecule has 2 N–H and O–H groups in total. The van der Waals surface area contributed by atoms with Gasteiger partial charge in [-0.15, -0.1) is 5.46 Å². The van der Waals surface area contributed by atoms with Crippen LogP contribution in [0.3, 0.4) is 0 Å². The zero-order chi connectivity index (χ0) is 10.9. The fraction of sp³-hybridized carbons (Fsp3) is 0. The molecule has 0 heterocycles. The van der Waals surface area contributed by atoms with Crippen molar-refractivity contribution in [2.45, 2.75) is 0 Å². The molecule has 1 aromatic rings. The minimum atomic E-state index is -5.23. The molecule has 0 spiro atoms. The molecule has 0 atom stereocenters. The molecule has 0 radical (unpaired) electrons. The molecule has 1 rings (SSSR count). The normalized spacial score (nSPS) is 11.4. The lowest BCUT2D eigenvalue weighted by molar-refractivity contribution is -0.383. The van der Waals surface area contributed by atoms with Crippen molar-refractivity contribution < 1.29 is 17.9 Å². The summed E-state index contributed by atoms with van der Waals surface area (Å²) >= 11 is 0. The predicted octanol–water partition coefficient (Wildman–Crippen LogP) is 1.23. The third-order valence-electron chi connectivity index (χ3n) is 1.63. The van der Waals surface area contributed by atoms with Gasteiger partial charge in [-0.2, -0.15) is 0 Å². The van der Waals surface area contributed by atoms with Gasteiger partial charge in [-0.1, -0.05) is 6.07 Å². The van der Waals surface area contributed by atoms with Crippen molar-refractivity contribution in [2.75, 3.05) is 5.73 Å². The Morgan fingerprint density at radius 2 is 1.93 bits per heavy atom. The third kappa shape index (κ3) is 1.95. The second-order valence-corrected chi connectivity index (χ2v) is 2.65. The van der Waals surface area contributed by atoms with Gasteiger partial charge in [0.1, 0.15) is 5.69 Å². The van der Waals surface area contributed by atoms with Gasteiger partial charge < -0.3 is 18.7 Å². The highest BCUT2D eigenvalue weighted by molar-refractivity contribution is 6.73. The fourth-order valence-corrected chi connectivity index (χ4v) is 0.922. The van der Waals surface area contributed by atoms with E-state index in [4.69, 9.17) is 5.73 Å². The monoisotopic (exact) mass is 205 g/mol. The molecule has 1 aromatic carbocycles. The second-order valence-electron chi connectivity index (χ2n) is 2.65. The molecule has 0 saturated heterocycles. The number of anilines is 1. The van der Waals surface area contributed by atoms with Crippen LogP contribution in [0.2, 0.25) is 0 Å². The van der Waals surface area contributed by atoms with Crippen molar-refractivity contribution in [3.63, 3.8) is 0 Å². The van der Waals surface area contributed by atoms with E-state index in [2.05, 4.69) is 0 Å². The summed E-state index contributed by atoms with van der Waals surface area (Å²) in [6.45, 7) is -5.23. The van der Waals surface area contributed by atoms with Gasteiger partial charge in [-0.05, 0) is 12.1 Å². The summed E-state index contributed by atoms with van der Waals surface area (Å²) in [5.41, 5.74) is 3.11. The second kappa shape index (κ2) is 3.20. The fourth-order valence-electron chi connectivity index (χ4n) is 0.922. The van der Waals surface area contributed by atoms with Gasteiger partial charge in [0.2, 0.25) is 0 Å². The van der Waals surface area contributed by atoms with Crippen molar-refractivity contribution in [3.05, 3.63) is 28.3 Å². The maximum Gasteiger partial charge on any atom is 0.509 e. The molecular weight excluding hydrogens is 200 g/mol. The number of nitrogen functional groups attached to an aromatic ring is 1. The number of benzene rings is 1. The first kappa shape index (κ1) is 10.4. The Morgan fingerprint density at radius 3 is 2.36 bits per heavy atom. The predicted molar refractivity (Wildman–Crippen MR) is 46.2 cm³/mol. The number of nitrogens with zero attached hydrogens (tertiary/aromatic N) is 1. The van der Waals surface area contributed by atoms with Gasteiger partial charge in [-0.3, -0.25) is 10.1 Å². The van der Waals surface area contributed by atoms with E-state index in [0.29, 0.717) is 6.07 Å². The maximum absolute atomic E-state index is 12.2. The van der Waals surface area contributed by atoms with E-state index in [1.165, 1.54) is 0 Å². The van der Waals surface area contributed by atoms with Gasteiger partial charge in [0, 0.05) is 0 Å². The van der Waals surface area contributed by atoms with Gasteiger partial charge in [0.05, 0.1) is 4.92 Å². The van der Waals surface area contributed by atoms with E-state index >= 15 is 0 Å². The van der Waals surface area contributed by atoms with Crippen LogP contribution in [0.25, 0.3) is 0 Å². The molecule has 76 valence electrons. The molecule has 8 heteroatoms.